The van der Waals surface area contributed by atoms with E-state index in [0.717, 1.165) is 19.3 Å². The number of piperidine rings is 2. The summed E-state index contributed by atoms with van der Waals surface area (Å²) in [5.41, 5.74) is 0. The van der Waals surface area contributed by atoms with Crippen LogP contribution in [0, 0.1) is 11.8 Å². The molecule has 0 aliphatic carbocycles. The fraction of sp³-hybridized carbons (Fsp3) is 0.875. The molecule has 2 fully saturated rings. The third-order valence-electron chi connectivity index (χ3n) is 4.86. The van der Waals surface area contributed by atoms with E-state index in [-0.39, 0.29) is 30.2 Å². The second-order valence-electron chi connectivity index (χ2n) is 6.87. The van der Waals surface area contributed by atoms with E-state index < -0.39 is 10.0 Å². The van der Waals surface area contributed by atoms with E-state index in [2.05, 4.69) is 5.32 Å². The normalized spacial score (nSPS) is 26.2. The maximum Gasteiger partial charge on any atom is 0.227 e. The van der Waals surface area contributed by atoms with E-state index in [4.69, 9.17) is 0 Å². The number of amides is 2. The van der Waals surface area contributed by atoms with Crippen molar-refractivity contribution in [3.63, 3.8) is 0 Å². The van der Waals surface area contributed by atoms with Crippen LogP contribution in [-0.4, -0.2) is 68.4 Å². The van der Waals surface area contributed by atoms with Crippen LogP contribution >= 0.6 is 0 Å². The Balaban J connectivity index is 1.95. The van der Waals surface area contributed by atoms with Gasteiger partial charge in [-0.05, 0) is 32.1 Å². The quantitative estimate of drug-likeness (QED) is 0.771. The minimum absolute atomic E-state index is 0.00339. The van der Waals surface area contributed by atoms with Crippen molar-refractivity contribution in [3.8, 4) is 0 Å². The number of carbonyl (C=O) groups is 2. The summed E-state index contributed by atoms with van der Waals surface area (Å²) in [6.45, 7) is 4.53. The second-order valence-corrected chi connectivity index (χ2v) is 8.86. The second kappa shape index (κ2) is 8.29. The van der Waals surface area contributed by atoms with Gasteiger partial charge in [0.2, 0.25) is 21.8 Å². The number of likely N-dealkylation sites (tertiary alicyclic amines) is 1. The first-order valence-corrected chi connectivity index (χ1v) is 10.7. The molecule has 2 unspecified atom stereocenters. The molecule has 2 amide bonds. The molecule has 24 heavy (non-hydrogen) atoms. The van der Waals surface area contributed by atoms with Crippen LogP contribution in [0.15, 0.2) is 0 Å². The molecule has 2 aliphatic heterocycles. The molecule has 0 aromatic rings. The summed E-state index contributed by atoms with van der Waals surface area (Å²) in [4.78, 5) is 26.7. The molecular formula is C16H29N3O4S. The molecule has 0 aromatic heterocycles. The number of hydrogen-bond donors (Lipinski definition) is 1. The summed E-state index contributed by atoms with van der Waals surface area (Å²) in [6.07, 6.45) is 5.13. The molecule has 2 atom stereocenters. The zero-order valence-corrected chi connectivity index (χ0v) is 15.5. The van der Waals surface area contributed by atoms with Gasteiger partial charge in [0.15, 0.2) is 0 Å². The number of rotatable bonds is 5. The van der Waals surface area contributed by atoms with E-state index in [0.29, 0.717) is 39.0 Å². The van der Waals surface area contributed by atoms with Gasteiger partial charge in [-0.3, -0.25) is 9.59 Å². The van der Waals surface area contributed by atoms with Gasteiger partial charge in [0, 0.05) is 32.7 Å². The number of nitrogens with one attached hydrogen (secondary N) is 1. The van der Waals surface area contributed by atoms with Gasteiger partial charge in [-0.1, -0.05) is 6.92 Å². The molecule has 2 rings (SSSR count). The Labute approximate surface area is 144 Å². The van der Waals surface area contributed by atoms with Crippen LogP contribution in [0.2, 0.25) is 0 Å². The van der Waals surface area contributed by atoms with Gasteiger partial charge in [0.1, 0.15) is 0 Å². The van der Waals surface area contributed by atoms with Gasteiger partial charge < -0.3 is 10.2 Å². The van der Waals surface area contributed by atoms with Crippen LogP contribution in [0.3, 0.4) is 0 Å². The van der Waals surface area contributed by atoms with Gasteiger partial charge in [-0.15, -0.1) is 0 Å². The summed E-state index contributed by atoms with van der Waals surface area (Å²) >= 11 is 0. The standard InChI is InChI=1S/C16H29N3O4S/c1-3-8-17-15(20)13-6-4-9-18(11-13)16(21)14-7-5-10-19(12-14)24(2,22)23/h13-14H,3-12H2,1-2H3,(H,17,20). The Bertz CT molecular complexity index is 564. The van der Waals surface area contributed by atoms with Crippen molar-refractivity contribution in [2.75, 3.05) is 39.0 Å². The molecule has 1 N–H and O–H groups in total. The molecule has 7 nitrogen and oxygen atoms in total. The van der Waals surface area contributed by atoms with Gasteiger partial charge in [0.05, 0.1) is 18.1 Å². The monoisotopic (exact) mass is 359 g/mol. The predicted octanol–water partition coefficient (Wildman–Crippen LogP) is 0.423. The number of carbonyl (C=O) groups excluding carboxylic acids is 2. The number of nitrogens with zero attached hydrogens (tertiary/aromatic N) is 2. The van der Waals surface area contributed by atoms with Crippen LogP contribution < -0.4 is 5.32 Å². The Kier molecular flexibility index (Phi) is 6.62. The molecule has 8 heteroatoms. The summed E-state index contributed by atoms with van der Waals surface area (Å²) in [6, 6.07) is 0. The first-order chi connectivity index (χ1) is 11.3. The van der Waals surface area contributed by atoms with E-state index >= 15 is 0 Å². The average Bonchev–Trinajstić information content (AvgIpc) is 2.58. The largest absolute Gasteiger partial charge is 0.356 e. The molecule has 0 radical (unpaired) electrons. The number of sulfonamides is 1. The number of hydrogen-bond acceptors (Lipinski definition) is 4. The average molecular weight is 359 g/mol. The minimum atomic E-state index is -3.26. The molecule has 0 aromatic carbocycles. The van der Waals surface area contributed by atoms with E-state index in [1.54, 1.807) is 4.90 Å². The third kappa shape index (κ3) is 4.92. The van der Waals surface area contributed by atoms with Gasteiger partial charge in [-0.2, -0.15) is 0 Å². The van der Waals surface area contributed by atoms with Crippen molar-refractivity contribution in [1.82, 2.24) is 14.5 Å². The van der Waals surface area contributed by atoms with Gasteiger partial charge >= 0.3 is 0 Å². The lowest BCUT2D eigenvalue weighted by molar-refractivity contribution is -0.140. The highest BCUT2D eigenvalue weighted by atomic mass is 32.2. The molecule has 2 heterocycles. The topological polar surface area (TPSA) is 86.8 Å². The lowest BCUT2D eigenvalue weighted by atomic mass is 9.93. The molecule has 2 aliphatic rings. The van der Waals surface area contributed by atoms with Crippen LogP contribution in [0.5, 0.6) is 0 Å². The maximum atomic E-state index is 12.8. The molecule has 0 spiro atoms. The smallest absolute Gasteiger partial charge is 0.227 e. The summed E-state index contributed by atoms with van der Waals surface area (Å²) in [5, 5.41) is 2.90. The van der Waals surface area contributed by atoms with Crippen LogP contribution in [0.4, 0.5) is 0 Å². The maximum absolute atomic E-state index is 12.8. The van der Waals surface area contributed by atoms with Crippen molar-refractivity contribution in [1.29, 1.82) is 0 Å². The lowest BCUT2D eigenvalue weighted by Crippen LogP contribution is -2.50. The zero-order valence-electron chi connectivity index (χ0n) is 14.7. The minimum Gasteiger partial charge on any atom is -0.356 e. The van der Waals surface area contributed by atoms with Crippen molar-refractivity contribution in [3.05, 3.63) is 0 Å². The Morgan fingerprint density at radius 1 is 1.08 bits per heavy atom. The van der Waals surface area contributed by atoms with Crippen molar-refractivity contribution < 1.29 is 18.0 Å². The highest BCUT2D eigenvalue weighted by Gasteiger charge is 2.35. The van der Waals surface area contributed by atoms with E-state index in [9.17, 15) is 18.0 Å². The molecule has 0 bridgehead atoms. The molecule has 138 valence electrons. The summed E-state index contributed by atoms with van der Waals surface area (Å²) in [5.74, 6) is -0.415. The highest BCUT2D eigenvalue weighted by molar-refractivity contribution is 7.88. The van der Waals surface area contributed by atoms with Gasteiger partial charge in [0.25, 0.3) is 0 Å². The Morgan fingerprint density at radius 2 is 1.75 bits per heavy atom. The fourth-order valence-corrected chi connectivity index (χ4v) is 4.40. The predicted molar refractivity (Wildman–Crippen MR) is 91.7 cm³/mol. The summed E-state index contributed by atoms with van der Waals surface area (Å²) < 4.78 is 24.8. The highest BCUT2D eigenvalue weighted by Crippen LogP contribution is 2.24. The zero-order chi connectivity index (χ0) is 17.7. The van der Waals surface area contributed by atoms with Crippen molar-refractivity contribution in [2.45, 2.75) is 39.0 Å². The van der Waals surface area contributed by atoms with E-state index in [1.165, 1.54) is 10.6 Å². The van der Waals surface area contributed by atoms with Crippen molar-refractivity contribution >= 4 is 21.8 Å². The Hall–Kier alpha value is -1.15. The third-order valence-corrected chi connectivity index (χ3v) is 6.13. The lowest BCUT2D eigenvalue weighted by Gasteiger charge is -2.37. The summed E-state index contributed by atoms with van der Waals surface area (Å²) in [7, 11) is -3.26. The molecule has 0 saturated carbocycles. The molecular weight excluding hydrogens is 330 g/mol. The fourth-order valence-electron chi connectivity index (χ4n) is 3.49. The van der Waals surface area contributed by atoms with Gasteiger partial charge in [-0.25, -0.2) is 12.7 Å². The van der Waals surface area contributed by atoms with Crippen molar-refractivity contribution in [2.24, 2.45) is 11.8 Å². The SMILES string of the molecule is CCCNC(=O)C1CCCN(C(=O)C2CCCN(S(C)(=O)=O)C2)C1. The Morgan fingerprint density at radius 3 is 2.42 bits per heavy atom. The first-order valence-electron chi connectivity index (χ1n) is 8.84. The first kappa shape index (κ1) is 19.2. The molecule has 2 saturated heterocycles. The van der Waals surface area contributed by atoms with Crippen LogP contribution in [0.25, 0.3) is 0 Å². The van der Waals surface area contributed by atoms with Crippen LogP contribution in [-0.2, 0) is 19.6 Å². The van der Waals surface area contributed by atoms with Crippen LogP contribution in [0.1, 0.15) is 39.0 Å². The van der Waals surface area contributed by atoms with E-state index in [1.807, 2.05) is 6.92 Å².